The smallest absolute Gasteiger partial charge is 0.315 e. The highest BCUT2D eigenvalue weighted by Gasteiger charge is 2.38. The van der Waals surface area contributed by atoms with E-state index in [9.17, 15) is 9.90 Å². The Bertz CT molecular complexity index is 1360. The van der Waals surface area contributed by atoms with E-state index in [0.717, 1.165) is 49.8 Å². The van der Waals surface area contributed by atoms with Crippen molar-refractivity contribution in [1.29, 1.82) is 0 Å². The fourth-order valence-electron chi connectivity index (χ4n) is 6.42. The number of aliphatic hydroxyl groups is 1. The lowest BCUT2D eigenvalue weighted by molar-refractivity contribution is 0.0470. The molecule has 1 saturated carbocycles. The quantitative estimate of drug-likeness (QED) is 0.171. The Morgan fingerprint density at radius 2 is 1.39 bits per heavy atom. The molecule has 0 aliphatic heterocycles. The first kappa shape index (κ1) is 28.8. The van der Waals surface area contributed by atoms with Gasteiger partial charge < -0.3 is 21.1 Å². The predicted molar refractivity (Wildman–Crippen MR) is 168 cm³/mol. The van der Waals surface area contributed by atoms with Gasteiger partial charge in [0.25, 0.3) is 0 Å². The van der Waals surface area contributed by atoms with Crippen molar-refractivity contribution in [3.63, 3.8) is 0 Å². The maximum absolute atomic E-state index is 13.0. The lowest BCUT2D eigenvalue weighted by atomic mass is 9.81. The summed E-state index contributed by atoms with van der Waals surface area (Å²) < 4.78 is 0. The van der Waals surface area contributed by atoms with E-state index >= 15 is 0 Å². The molecule has 1 aliphatic carbocycles. The van der Waals surface area contributed by atoms with Crippen LogP contribution in [0.15, 0.2) is 103 Å². The van der Waals surface area contributed by atoms with Crippen LogP contribution in [0.1, 0.15) is 68.7 Å². The zero-order valence-corrected chi connectivity index (χ0v) is 24.2. The molecule has 4 aromatic rings. The Kier molecular flexibility index (Phi) is 9.38. The van der Waals surface area contributed by atoms with E-state index < -0.39 is 11.6 Å². The van der Waals surface area contributed by atoms with Crippen LogP contribution in [0.2, 0.25) is 0 Å². The van der Waals surface area contributed by atoms with E-state index in [1.165, 1.54) is 16.3 Å². The number of carbonyl (C=O) groups excluding carboxylic acids is 1. The van der Waals surface area contributed by atoms with Crippen molar-refractivity contribution in [2.75, 3.05) is 6.54 Å². The molecule has 214 valence electrons. The summed E-state index contributed by atoms with van der Waals surface area (Å²) in [7, 11) is 0. The fraction of sp³-hybridized carbons (Fsp3) is 0.361. The molecular formula is C36H43N3O2. The van der Waals surface area contributed by atoms with Crippen LogP contribution in [0.4, 0.5) is 4.79 Å². The molecule has 5 nitrogen and oxygen atoms in total. The van der Waals surface area contributed by atoms with E-state index in [1.54, 1.807) is 0 Å². The number of hydrogen-bond donors (Lipinski definition) is 4. The molecule has 1 fully saturated rings. The molecule has 0 saturated heterocycles. The van der Waals surface area contributed by atoms with Gasteiger partial charge in [-0.3, -0.25) is 0 Å². The second kappa shape index (κ2) is 13.3. The van der Waals surface area contributed by atoms with Gasteiger partial charge in [0.1, 0.15) is 5.60 Å². The molecule has 2 atom stereocenters. The van der Waals surface area contributed by atoms with Crippen LogP contribution in [0, 0.1) is 5.92 Å². The van der Waals surface area contributed by atoms with Crippen LogP contribution in [0.25, 0.3) is 10.8 Å². The van der Waals surface area contributed by atoms with Crippen LogP contribution < -0.4 is 16.0 Å². The van der Waals surface area contributed by atoms with Crippen molar-refractivity contribution in [2.45, 2.75) is 69.7 Å². The third-order valence-electron chi connectivity index (χ3n) is 8.88. The Morgan fingerprint density at radius 1 is 0.805 bits per heavy atom. The summed E-state index contributed by atoms with van der Waals surface area (Å²) in [5, 5.41) is 24.5. The third kappa shape index (κ3) is 6.80. The largest absolute Gasteiger partial charge is 0.378 e. The zero-order chi connectivity index (χ0) is 28.7. The molecule has 0 bridgehead atoms. The Hall–Kier alpha value is -3.67. The van der Waals surface area contributed by atoms with E-state index in [4.69, 9.17) is 0 Å². The highest BCUT2D eigenvalue weighted by atomic mass is 16.3. The van der Waals surface area contributed by atoms with Gasteiger partial charge in [-0.2, -0.15) is 0 Å². The summed E-state index contributed by atoms with van der Waals surface area (Å²) in [4.78, 5) is 13.0. The highest BCUT2D eigenvalue weighted by Crippen LogP contribution is 2.33. The lowest BCUT2D eigenvalue weighted by Crippen LogP contribution is -2.54. The minimum absolute atomic E-state index is 0.155. The minimum atomic E-state index is -1.34. The number of fused-ring (bicyclic) bond motifs is 1. The number of amides is 2. The van der Waals surface area contributed by atoms with Gasteiger partial charge in [-0.05, 0) is 85.9 Å². The molecule has 0 spiro atoms. The highest BCUT2D eigenvalue weighted by molar-refractivity contribution is 5.86. The summed E-state index contributed by atoms with van der Waals surface area (Å²) in [6.07, 6.45) is 5.33. The standard InChI is InChI=1S/C36H43N3O2/c1-26(33-19-11-13-29-12-9-10-18-34(29)33)37-25-24-28-20-22-32(23-21-28)39-35(40)38-27(2)36(41,30-14-5-3-6-15-30)31-16-7-4-8-17-31/h3-19,26-28,32,37,41H,20-25H2,1-2H3,(H2,38,39,40)/t26-,27+,28?,32?/m0/s1. The van der Waals surface area contributed by atoms with E-state index in [2.05, 4.69) is 65.3 Å². The average molecular weight is 550 g/mol. The van der Waals surface area contributed by atoms with Gasteiger partial charge in [-0.1, -0.05) is 103 Å². The van der Waals surface area contributed by atoms with Crippen molar-refractivity contribution in [2.24, 2.45) is 5.92 Å². The molecule has 0 heterocycles. The fourth-order valence-corrected chi connectivity index (χ4v) is 6.42. The molecule has 5 rings (SSSR count). The van der Waals surface area contributed by atoms with Gasteiger partial charge in [0.15, 0.2) is 0 Å². The van der Waals surface area contributed by atoms with Crippen molar-refractivity contribution in [3.8, 4) is 0 Å². The molecule has 41 heavy (non-hydrogen) atoms. The average Bonchev–Trinajstić information content (AvgIpc) is 3.02. The van der Waals surface area contributed by atoms with Gasteiger partial charge >= 0.3 is 6.03 Å². The lowest BCUT2D eigenvalue weighted by Gasteiger charge is -2.36. The SMILES string of the molecule is C[C@H](NCCC1CCC(NC(=O)N[C@H](C)C(O)(c2ccccc2)c2ccccc2)CC1)c1cccc2ccccc12. The van der Waals surface area contributed by atoms with E-state index in [-0.39, 0.29) is 12.1 Å². The first-order valence-corrected chi connectivity index (χ1v) is 15.1. The monoisotopic (exact) mass is 549 g/mol. The molecule has 0 unspecified atom stereocenters. The zero-order valence-electron chi connectivity index (χ0n) is 24.2. The summed E-state index contributed by atoms with van der Waals surface area (Å²) in [5.74, 6) is 0.670. The molecule has 2 amide bonds. The Balaban J connectivity index is 1.09. The number of carbonyl (C=O) groups is 1. The van der Waals surface area contributed by atoms with Crippen LogP contribution in [-0.2, 0) is 5.60 Å². The van der Waals surface area contributed by atoms with Crippen molar-refractivity contribution in [1.82, 2.24) is 16.0 Å². The summed E-state index contributed by atoms with van der Waals surface area (Å²) in [5.41, 5.74) is 1.52. The van der Waals surface area contributed by atoms with Crippen molar-refractivity contribution >= 4 is 16.8 Å². The Morgan fingerprint density at radius 3 is 2.05 bits per heavy atom. The molecule has 0 aromatic heterocycles. The number of nitrogens with one attached hydrogen (secondary N) is 3. The van der Waals surface area contributed by atoms with Crippen molar-refractivity contribution in [3.05, 3.63) is 120 Å². The van der Waals surface area contributed by atoms with Gasteiger partial charge in [-0.25, -0.2) is 4.79 Å². The second-order valence-corrected chi connectivity index (χ2v) is 11.6. The molecule has 1 aliphatic rings. The maximum atomic E-state index is 13.0. The molecule has 4 N–H and O–H groups in total. The van der Waals surface area contributed by atoms with Crippen LogP contribution in [0.3, 0.4) is 0 Å². The predicted octanol–water partition coefficient (Wildman–Crippen LogP) is 7.06. The molecule has 5 heteroatoms. The molecular weight excluding hydrogens is 506 g/mol. The number of benzene rings is 4. The number of urea groups is 1. The summed E-state index contributed by atoms with van der Waals surface area (Å²) >= 11 is 0. The van der Waals surface area contributed by atoms with Gasteiger partial charge in [0.05, 0.1) is 6.04 Å². The van der Waals surface area contributed by atoms with E-state index in [1.807, 2.05) is 67.6 Å². The first-order chi connectivity index (χ1) is 19.9. The summed E-state index contributed by atoms with van der Waals surface area (Å²) in [6.45, 7) is 5.10. The summed E-state index contributed by atoms with van der Waals surface area (Å²) in [6, 6.07) is 33.9. The number of rotatable bonds is 10. The number of hydrogen-bond acceptors (Lipinski definition) is 3. The second-order valence-electron chi connectivity index (χ2n) is 11.6. The van der Waals surface area contributed by atoms with E-state index in [0.29, 0.717) is 12.0 Å². The van der Waals surface area contributed by atoms with Crippen LogP contribution in [0.5, 0.6) is 0 Å². The Labute approximate surface area is 244 Å². The maximum Gasteiger partial charge on any atom is 0.315 e. The van der Waals surface area contributed by atoms with Gasteiger partial charge in [0, 0.05) is 12.1 Å². The first-order valence-electron chi connectivity index (χ1n) is 15.1. The topological polar surface area (TPSA) is 73.4 Å². The van der Waals surface area contributed by atoms with Crippen LogP contribution in [-0.4, -0.2) is 29.8 Å². The van der Waals surface area contributed by atoms with Crippen molar-refractivity contribution < 1.29 is 9.90 Å². The molecule has 0 radical (unpaired) electrons. The minimum Gasteiger partial charge on any atom is -0.378 e. The third-order valence-corrected chi connectivity index (χ3v) is 8.88. The normalized spacial score (nSPS) is 18.9. The van der Waals surface area contributed by atoms with Crippen LogP contribution >= 0.6 is 0 Å². The van der Waals surface area contributed by atoms with Gasteiger partial charge in [0.2, 0.25) is 0 Å². The van der Waals surface area contributed by atoms with Gasteiger partial charge in [-0.15, -0.1) is 0 Å². The molecule has 4 aromatic carbocycles.